The number of nitrogens with zero attached hydrogens (tertiary/aromatic N) is 3. The van der Waals surface area contributed by atoms with Gasteiger partial charge in [-0.05, 0) is 66.2 Å². The molecule has 1 fully saturated rings. The highest BCUT2D eigenvalue weighted by atomic mass is 32.1. The Kier molecular flexibility index (Phi) is 7.07. The van der Waals surface area contributed by atoms with Crippen molar-refractivity contribution in [3.63, 3.8) is 0 Å². The molecule has 0 spiro atoms. The molecule has 1 saturated heterocycles. The van der Waals surface area contributed by atoms with Crippen LogP contribution in [0.15, 0.2) is 60.0 Å². The number of methoxy groups -OCH3 is 1. The molecular weight excluding hydrogens is 477 g/mol. The zero-order valence-electron chi connectivity index (χ0n) is 20.5. The molecule has 0 aliphatic carbocycles. The normalized spacial score (nSPS) is 20.2. The summed E-state index contributed by atoms with van der Waals surface area (Å²) in [5, 5.41) is 2.07. The highest BCUT2D eigenvalue weighted by molar-refractivity contribution is 7.10. The van der Waals surface area contributed by atoms with Gasteiger partial charge in [-0.25, -0.2) is 4.39 Å². The Bertz CT molecular complexity index is 1260. The van der Waals surface area contributed by atoms with E-state index in [0.29, 0.717) is 30.9 Å². The summed E-state index contributed by atoms with van der Waals surface area (Å²) in [6.07, 6.45) is 0.880. The number of thiophene rings is 1. The number of piperazine rings is 1. The van der Waals surface area contributed by atoms with E-state index >= 15 is 0 Å². The van der Waals surface area contributed by atoms with Crippen LogP contribution in [0.3, 0.4) is 0 Å². The highest BCUT2D eigenvalue weighted by Gasteiger charge is 2.34. The summed E-state index contributed by atoms with van der Waals surface area (Å²) >= 11 is 1.72. The maximum Gasteiger partial charge on any atom is 0.254 e. The summed E-state index contributed by atoms with van der Waals surface area (Å²) in [6.45, 7) is 4.42. The van der Waals surface area contributed by atoms with Gasteiger partial charge in [0.1, 0.15) is 11.6 Å². The van der Waals surface area contributed by atoms with E-state index in [1.165, 1.54) is 10.9 Å². The Balaban J connectivity index is 1.28. The van der Waals surface area contributed by atoms with E-state index in [0.717, 1.165) is 24.1 Å². The molecule has 6 nitrogen and oxygen atoms in total. The smallest absolute Gasteiger partial charge is 0.254 e. The van der Waals surface area contributed by atoms with Crippen molar-refractivity contribution in [1.29, 1.82) is 0 Å². The maximum atomic E-state index is 14.1. The van der Waals surface area contributed by atoms with Crippen LogP contribution in [0, 0.1) is 5.82 Å². The fraction of sp³-hybridized carbons (Fsp3) is 0.357. The Morgan fingerprint density at radius 1 is 1.08 bits per heavy atom. The van der Waals surface area contributed by atoms with Gasteiger partial charge in [-0.15, -0.1) is 11.3 Å². The average molecular weight is 508 g/mol. The molecule has 2 aromatic carbocycles. The van der Waals surface area contributed by atoms with Crippen molar-refractivity contribution in [2.45, 2.75) is 25.4 Å². The molecule has 0 N–H and O–H groups in total. The second-order valence-electron chi connectivity index (χ2n) is 9.40. The maximum absolute atomic E-state index is 14.1. The molecule has 188 valence electrons. The van der Waals surface area contributed by atoms with Gasteiger partial charge in [0.05, 0.1) is 19.7 Å². The Hall–Kier alpha value is -3.23. The summed E-state index contributed by atoms with van der Waals surface area (Å²) in [4.78, 5) is 33.7. The molecule has 2 aliphatic heterocycles. The summed E-state index contributed by atoms with van der Waals surface area (Å²) in [5.41, 5.74) is 2.61. The zero-order valence-corrected chi connectivity index (χ0v) is 21.3. The van der Waals surface area contributed by atoms with Crippen molar-refractivity contribution in [2.24, 2.45) is 0 Å². The lowest BCUT2D eigenvalue weighted by molar-refractivity contribution is -0.135. The van der Waals surface area contributed by atoms with E-state index < -0.39 is 0 Å². The van der Waals surface area contributed by atoms with Crippen molar-refractivity contribution in [3.8, 4) is 5.75 Å². The van der Waals surface area contributed by atoms with Crippen molar-refractivity contribution in [1.82, 2.24) is 14.7 Å². The van der Waals surface area contributed by atoms with Crippen LogP contribution >= 0.6 is 11.3 Å². The number of amides is 2. The third kappa shape index (κ3) is 4.88. The largest absolute Gasteiger partial charge is 0.497 e. The molecule has 3 heterocycles. The minimum atomic E-state index is -0.272. The predicted molar refractivity (Wildman–Crippen MR) is 138 cm³/mol. The van der Waals surface area contributed by atoms with Crippen molar-refractivity contribution >= 4 is 23.2 Å². The summed E-state index contributed by atoms with van der Waals surface area (Å²) < 4.78 is 19.3. The minimum absolute atomic E-state index is 0.0374. The summed E-state index contributed by atoms with van der Waals surface area (Å²) in [6, 6.07) is 15.7. The molecule has 5 rings (SSSR count). The number of carbonyl (C=O) groups is 2. The number of hydrogen-bond acceptors (Lipinski definition) is 5. The average Bonchev–Trinajstić information content (AvgIpc) is 3.37. The van der Waals surface area contributed by atoms with Gasteiger partial charge in [-0.1, -0.05) is 18.2 Å². The Morgan fingerprint density at radius 2 is 1.92 bits per heavy atom. The predicted octanol–water partition coefficient (Wildman–Crippen LogP) is 4.22. The van der Waals surface area contributed by atoms with Crippen molar-refractivity contribution in [2.75, 3.05) is 39.8 Å². The Morgan fingerprint density at radius 3 is 2.69 bits per heavy atom. The Labute approximate surface area is 214 Å². The fourth-order valence-corrected chi connectivity index (χ4v) is 6.19. The van der Waals surface area contributed by atoms with E-state index in [2.05, 4.69) is 16.3 Å². The van der Waals surface area contributed by atoms with Crippen LogP contribution in [0.2, 0.25) is 0 Å². The van der Waals surface area contributed by atoms with Crippen LogP contribution in [0.5, 0.6) is 5.75 Å². The minimum Gasteiger partial charge on any atom is -0.497 e. The van der Waals surface area contributed by atoms with Crippen LogP contribution in [-0.2, 0) is 11.2 Å². The molecule has 36 heavy (non-hydrogen) atoms. The fourth-order valence-electron chi connectivity index (χ4n) is 5.29. The van der Waals surface area contributed by atoms with Crippen LogP contribution in [0.4, 0.5) is 4.39 Å². The monoisotopic (exact) mass is 507 g/mol. The third-order valence-corrected chi connectivity index (χ3v) is 8.12. The first kappa shape index (κ1) is 24.5. The number of hydrogen-bond donors (Lipinski definition) is 0. The van der Waals surface area contributed by atoms with Crippen molar-refractivity contribution < 1.29 is 18.7 Å². The summed E-state index contributed by atoms with van der Waals surface area (Å²) in [5.74, 6) is 0.355. The molecule has 3 aromatic rings. The molecule has 0 saturated carbocycles. The van der Waals surface area contributed by atoms with Gasteiger partial charge in [0.2, 0.25) is 5.91 Å². The number of ether oxygens (including phenoxy) is 1. The molecule has 8 heteroatoms. The first-order valence-corrected chi connectivity index (χ1v) is 13.1. The first-order chi connectivity index (χ1) is 17.4. The second kappa shape index (κ2) is 10.4. The quantitative estimate of drug-likeness (QED) is 0.519. The summed E-state index contributed by atoms with van der Waals surface area (Å²) in [7, 11) is 1.58. The van der Waals surface area contributed by atoms with Gasteiger partial charge < -0.3 is 14.5 Å². The number of rotatable bonds is 5. The SMILES string of the molecule is COc1cccc(C(=O)N2CCN(C(=O)CN3CCc4sccc4[C@H]3c3cccc(F)c3)C[C@@H]2C)c1. The molecule has 2 amide bonds. The lowest BCUT2D eigenvalue weighted by Gasteiger charge is -2.42. The van der Waals surface area contributed by atoms with Gasteiger partial charge >= 0.3 is 0 Å². The van der Waals surface area contributed by atoms with Gasteiger partial charge in [0.15, 0.2) is 0 Å². The van der Waals surface area contributed by atoms with Crippen molar-refractivity contribution in [3.05, 3.63) is 87.4 Å². The topological polar surface area (TPSA) is 53.1 Å². The lowest BCUT2D eigenvalue weighted by atomic mass is 9.93. The zero-order chi connectivity index (χ0) is 25.2. The van der Waals surface area contributed by atoms with Gasteiger partial charge in [0.25, 0.3) is 5.91 Å². The van der Waals surface area contributed by atoms with Gasteiger partial charge in [0, 0.05) is 42.7 Å². The lowest BCUT2D eigenvalue weighted by Crippen LogP contribution is -2.57. The molecule has 0 unspecified atom stereocenters. The molecule has 1 aromatic heterocycles. The van der Waals surface area contributed by atoms with Gasteiger partial charge in [-0.2, -0.15) is 0 Å². The molecule has 2 aliphatic rings. The molecule has 0 radical (unpaired) electrons. The van der Waals surface area contributed by atoms with E-state index in [4.69, 9.17) is 4.74 Å². The number of benzene rings is 2. The van der Waals surface area contributed by atoms with E-state index in [9.17, 15) is 14.0 Å². The third-order valence-electron chi connectivity index (χ3n) is 7.13. The number of carbonyl (C=O) groups excluding carboxylic acids is 2. The molecule has 2 atom stereocenters. The standard InChI is InChI=1S/C28H30FN3O3S/c1-19-17-30(12-13-32(19)28(34)21-6-4-8-23(16-21)35-2)26(33)18-31-11-9-25-24(10-14-36-25)27(31)20-5-3-7-22(29)15-20/h3-8,10,14-16,19,27H,9,11-13,17-18H2,1-2H3/t19-,27+/m0/s1. The van der Waals surface area contributed by atoms with Gasteiger partial charge in [-0.3, -0.25) is 14.5 Å². The first-order valence-electron chi connectivity index (χ1n) is 12.2. The molecule has 0 bridgehead atoms. The highest BCUT2D eigenvalue weighted by Crippen LogP contribution is 2.37. The van der Waals surface area contributed by atoms with E-state index in [1.54, 1.807) is 42.7 Å². The number of halogens is 1. The van der Waals surface area contributed by atoms with Crippen LogP contribution in [0.25, 0.3) is 0 Å². The van der Waals surface area contributed by atoms with Crippen LogP contribution < -0.4 is 4.74 Å². The molecular formula is C28H30FN3O3S. The van der Waals surface area contributed by atoms with Crippen LogP contribution in [-0.4, -0.2) is 72.4 Å². The van der Waals surface area contributed by atoms with E-state index in [-0.39, 0.29) is 36.3 Å². The second-order valence-corrected chi connectivity index (χ2v) is 10.4. The van der Waals surface area contributed by atoms with E-state index in [1.807, 2.05) is 34.9 Å². The number of fused-ring (bicyclic) bond motifs is 1. The van der Waals surface area contributed by atoms with Crippen LogP contribution in [0.1, 0.15) is 39.3 Å².